The second-order valence-corrected chi connectivity index (χ2v) is 7.60. The summed E-state index contributed by atoms with van der Waals surface area (Å²) in [5.74, 6) is 6.63. The van der Waals surface area contributed by atoms with E-state index < -0.39 is 0 Å². The van der Waals surface area contributed by atoms with Gasteiger partial charge in [-0.1, -0.05) is 0 Å². The van der Waals surface area contributed by atoms with Crippen LogP contribution in [0.15, 0.2) is 0 Å². The van der Waals surface area contributed by atoms with Gasteiger partial charge in [-0.25, -0.2) is 0 Å². The molecule has 110 valence electrons. The minimum absolute atomic E-state index is 0.271. The molecule has 4 fully saturated rings. The van der Waals surface area contributed by atoms with Crippen LogP contribution in [-0.4, -0.2) is 20.8 Å². The van der Waals surface area contributed by atoms with Gasteiger partial charge in [-0.3, -0.25) is 0 Å². The number of nitrogens with two attached hydrogens (primary N) is 1. The van der Waals surface area contributed by atoms with E-state index in [-0.39, 0.29) is 6.04 Å². The van der Waals surface area contributed by atoms with E-state index in [4.69, 9.17) is 5.73 Å². The van der Waals surface area contributed by atoms with Gasteiger partial charge in [0.15, 0.2) is 0 Å². The molecule has 0 saturated heterocycles. The number of rotatable bonds is 3. The van der Waals surface area contributed by atoms with Gasteiger partial charge in [0, 0.05) is 19.5 Å². The third-order valence-electron chi connectivity index (χ3n) is 6.40. The van der Waals surface area contributed by atoms with Crippen LogP contribution < -0.4 is 5.73 Å². The summed E-state index contributed by atoms with van der Waals surface area (Å²) >= 11 is 0. The van der Waals surface area contributed by atoms with Crippen molar-refractivity contribution in [1.29, 1.82) is 0 Å². The van der Waals surface area contributed by atoms with Gasteiger partial charge in [-0.15, -0.1) is 10.2 Å². The second-order valence-electron chi connectivity index (χ2n) is 7.60. The first-order chi connectivity index (χ1) is 9.61. The quantitative estimate of drug-likeness (QED) is 0.918. The Morgan fingerprint density at radius 2 is 1.70 bits per heavy atom. The van der Waals surface area contributed by atoms with E-state index in [2.05, 4.69) is 14.8 Å². The van der Waals surface area contributed by atoms with Crippen LogP contribution in [0.5, 0.6) is 0 Å². The van der Waals surface area contributed by atoms with Crippen molar-refractivity contribution in [2.75, 3.05) is 0 Å². The lowest BCUT2D eigenvalue weighted by atomic mass is 9.50. The molecule has 0 aliphatic heterocycles. The highest BCUT2D eigenvalue weighted by molar-refractivity contribution is 5.04. The van der Waals surface area contributed by atoms with Gasteiger partial charge in [0.05, 0.1) is 0 Å². The SMILES string of the molecule is Cc1nnc(CC(N)C2C3CC4CC(C3)CC2C4)n1C. The average molecular weight is 274 g/mol. The predicted molar refractivity (Wildman–Crippen MR) is 78.0 cm³/mol. The van der Waals surface area contributed by atoms with Gasteiger partial charge in [0.1, 0.15) is 11.6 Å². The third-order valence-corrected chi connectivity index (χ3v) is 6.40. The van der Waals surface area contributed by atoms with E-state index in [0.29, 0.717) is 0 Å². The molecule has 4 aliphatic carbocycles. The normalized spacial score (nSPS) is 40.2. The zero-order chi connectivity index (χ0) is 13.9. The molecule has 4 heteroatoms. The number of nitrogens with zero attached hydrogens (tertiary/aromatic N) is 3. The Bertz CT molecular complexity index is 479. The lowest BCUT2D eigenvalue weighted by molar-refractivity contribution is -0.0467. The Morgan fingerprint density at radius 1 is 1.10 bits per heavy atom. The summed E-state index contributed by atoms with van der Waals surface area (Å²) in [7, 11) is 2.05. The van der Waals surface area contributed by atoms with Crippen molar-refractivity contribution >= 4 is 0 Å². The Kier molecular flexibility index (Phi) is 2.92. The lowest BCUT2D eigenvalue weighted by Crippen LogP contribution is -2.52. The van der Waals surface area contributed by atoms with E-state index in [1.807, 2.05) is 14.0 Å². The van der Waals surface area contributed by atoms with Crippen LogP contribution in [0.1, 0.15) is 43.8 Å². The molecule has 0 amide bonds. The maximum Gasteiger partial charge on any atom is 0.134 e. The van der Waals surface area contributed by atoms with Gasteiger partial charge in [-0.2, -0.15) is 0 Å². The molecule has 2 N–H and O–H groups in total. The van der Waals surface area contributed by atoms with Gasteiger partial charge in [0.25, 0.3) is 0 Å². The molecule has 1 unspecified atom stereocenters. The first kappa shape index (κ1) is 12.8. The zero-order valence-corrected chi connectivity index (χ0v) is 12.6. The molecule has 20 heavy (non-hydrogen) atoms. The van der Waals surface area contributed by atoms with E-state index in [1.54, 1.807) is 0 Å². The molecule has 1 aromatic rings. The topological polar surface area (TPSA) is 56.7 Å². The monoisotopic (exact) mass is 274 g/mol. The molecule has 5 rings (SSSR count). The van der Waals surface area contributed by atoms with Crippen LogP contribution in [0.3, 0.4) is 0 Å². The fraction of sp³-hybridized carbons (Fsp3) is 0.875. The fourth-order valence-electron chi connectivity index (χ4n) is 5.64. The molecule has 4 aliphatic rings. The summed E-state index contributed by atoms with van der Waals surface area (Å²) in [6, 6.07) is 0.271. The standard InChI is InChI=1S/C16H26N4/c1-9-18-19-15(20(9)2)8-14(17)16-12-4-10-3-11(6-12)7-13(16)5-10/h10-14,16H,3-8,17H2,1-2H3. The van der Waals surface area contributed by atoms with E-state index in [9.17, 15) is 0 Å². The third kappa shape index (κ3) is 1.92. The highest BCUT2D eigenvalue weighted by Gasteiger charge is 2.49. The average Bonchev–Trinajstić information content (AvgIpc) is 2.69. The Hall–Kier alpha value is -0.900. The van der Waals surface area contributed by atoms with E-state index in [0.717, 1.165) is 47.7 Å². The fourth-order valence-corrected chi connectivity index (χ4v) is 5.64. The first-order valence-corrected chi connectivity index (χ1v) is 8.22. The van der Waals surface area contributed by atoms with Crippen LogP contribution in [0.4, 0.5) is 0 Å². The molecule has 0 aromatic carbocycles. The highest BCUT2D eigenvalue weighted by Crippen LogP contribution is 2.57. The molecular formula is C16H26N4. The number of hydrogen-bond acceptors (Lipinski definition) is 3. The van der Waals surface area contributed by atoms with Crippen molar-refractivity contribution in [1.82, 2.24) is 14.8 Å². The minimum atomic E-state index is 0.271. The van der Waals surface area contributed by atoms with E-state index >= 15 is 0 Å². The summed E-state index contributed by atoms with van der Waals surface area (Å²) in [5, 5.41) is 8.46. The Labute approximate surface area is 121 Å². The van der Waals surface area contributed by atoms with Gasteiger partial charge in [0.2, 0.25) is 0 Å². The lowest BCUT2D eigenvalue weighted by Gasteiger charge is -2.56. The van der Waals surface area contributed by atoms with Crippen LogP contribution in [0.25, 0.3) is 0 Å². The smallest absolute Gasteiger partial charge is 0.134 e. The second kappa shape index (κ2) is 4.55. The minimum Gasteiger partial charge on any atom is -0.327 e. The van der Waals surface area contributed by atoms with Crippen molar-refractivity contribution in [3.05, 3.63) is 11.6 Å². The first-order valence-electron chi connectivity index (χ1n) is 8.22. The molecule has 0 radical (unpaired) electrons. The Balaban J connectivity index is 1.51. The van der Waals surface area contributed by atoms with Crippen LogP contribution in [0.2, 0.25) is 0 Å². The molecule has 0 spiro atoms. The summed E-state index contributed by atoms with van der Waals surface area (Å²) in [5.41, 5.74) is 6.63. The van der Waals surface area contributed by atoms with Gasteiger partial charge < -0.3 is 10.3 Å². The van der Waals surface area contributed by atoms with Gasteiger partial charge >= 0.3 is 0 Å². The molecular weight excluding hydrogens is 248 g/mol. The van der Waals surface area contributed by atoms with Crippen molar-refractivity contribution in [3.8, 4) is 0 Å². The molecule has 4 bridgehead atoms. The van der Waals surface area contributed by atoms with Crippen LogP contribution >= 0.6 is 0 Å². The van der Waals surface area contributed by atoms with Crippen molar-refractivity contribution in [2.24, 2.45) is 42.4 Å². The summed E-state index contributed by atoms with van der Waals surface area (Å²) in [6.07, 6.45) is 8.20. The molecule has 4 saturated carbocycles. The largest absolute Gasteiger partial charge is 0.327 e. The van der Waals surface area contributed by atoms with Crippen molar-refractivity contribution in [2.45, 2.75) is 51.5 Å². The zero-order valence-electron chi connectivity index (χ0n) is 12.6. The summed E-state index contributed by atoms with van der Waals surface area (Å²) in [4.78, 5) is 0. The van der Waals surface area contributed by atoms with Crippen molar-refractivity contribution in [3.63, 3.8) is 0 Å². The maximum atomic E-state index is 6.63. The number of aryl methyl sites for hydroxylation is 1. The molecule has 1 aromatic heterocycles. The molecule has 1 atom stereocenters. The van der Waals surface area contributed by atoms with E-state index in [1.165, 1.54) is 32.1 Å². The van der Waals surface area contributed by atoms with Crippen LogP contribution in [0, 0.1) is 36.5 Å². The van der Waals surface area contributed by atoms with Gasteiger partial charge in [-0.05, 0) is 68.6 Å². The maximum absolute atomic E-state index is 6.63. The summed E-state index contributed by atoms with van der Waals surface area (Å²) in [6.45, 7) is 2.00. The molecule has 1 heterocycles. The Morgan fingerprint density at radius 3 is 2.20 bits per heavy atom. The number of hydrogen-bond donors (Lipinski definition) is 1. The van der Waals surface area contributed by atoms with Crippen LogP contribution in [-0.2, 0) is 13.5 Å². The van der Waals surface area contributed by atoms with Crippen molar-refractivity contribution < 1.29 is 0 Å². The number of aromatic nitrogens is 3. The predicted octanol–water partition coefficient (Wildman–Crippen LogP) is 2.07. The molecule has 4 nitrogen and oxygen atoms in total. The highest BCUT2D eigenvalue weighted by atomic mass is 15.3. The summed E-state index contributed by atoms with van der Waals surface area (Å²) < 4.78 is 2.09.